The monoisotopic (exact) mass is 376 g/mol. The van der Waals surface area contributed by atoms with Gasteiger partial charge in [-0.05, 0) is 18.2 Å². The van der Waals surface area contributed by atoms with E-state index in [0.717, 1.165) is 38.1 Å². The van der Waals surface area contributed by atoms with Crippen molar-refractivity contribution in [2.24, 2.45) is 0 Å². The minimum atomic E-state index is 0.759. The van der Waals surface area contributed by atoms with Gasteiger partial charge in [0.1, 0.15) is 11.0 Å². The maximum absolute atomic E-state index is 4.79. The molecule has 24 heavy (non-hydrogen) atoms. The van der Waals surface area contributed by atoms with Crippen LogP contribution in [0.25, 0.3) is 22.3 Å². The van der Waals surface area contributed by atoms with Crippen LogP contribution in [0.1, 0.15) is 0 Å². The molecule has 2 aromatic heterocycles. The van der Waals surface area contributed by atoms with Gasteiger partial charge in [-0.25, -0.2) is 4.98 Å². The first-order valence-electron chi connectivity index (χ1n) is 7.48. The second-order valence-corrected chi connectivity index (χ2v) is 6.23. The Morgan fingerprint density at radius 2 is 1.75 bits per heavy atom. The van der Waals surface area contributed by atoms with Crippen molar-refractivity contribution in [3.05, 3.63) is 77.7 Å². The molecule has 4 nitrogen and oxygen atoms in total. The third-order valence-corrected chi connectivity index (χ3v) is 4.12. The van der Waals surface area contributed by atoms with E-state index in [1.165, 1.54) is 0 Å². The molecule has 0 radical (unpaired) electrons. The molecule has 4 aromatic rings. The van der Waals surface area contributed by atoms with E-state index < -0.39 is 0 Å². The van der Waals surface area contributed by atoms with E-state index in [9.17, 15) is 0 Å². The zero-order chi connectivity index (χ0) is 16.4. The Balaban J connectivity index is 1.80. The first-order chi connectivity index (χ1) is 11.8. The largest absolute Gasteiger partial charge is 0.352 e. The molecule has 116 valence electrons. The quantitative estimate of drug-likeness (QED) is 0.533. The molecule has 0 atom stereocenters. The third kappa shape index (κ3) is 2.98. The predicted molar refractivity (Wildman–Crippen MR) is 100 cm³/mol. The fourth-order valence-corrected chi connectivity index (χ4v) is 2.90. The van der Waals surface area contributed by atoms with Crippen LogP contribution in [-0.4, -0.2) is 15.0 Å². The molecular weight excluding hydrogens is 364 g/mol. The summed E-state index contributed by atoms with van der Waals surface area (Å²) < 4.78 is 1.01. The first-order valence-corrected chi connectivity index (χ1v) is 8.28. The molecule has 0 bridgehead atoms. The maximum Gasteiger partial charge on any atom is 0.116 e. The zero-order valence-corrected chi connectivity index (χ0v) is 14.2. The molecule has 0 aliphatic heterocycles. The number of benzene rings is 2. The van der Waals surface area contributed by atoms with Gasteiger partial charge in [-0.15, -0.1) is 0 Å². The Hall–Kier alpha value is -2.79. The van der Waals surface area contributed by atoms with Gasteiger partial charge in [-0.3, -0.25) is 9.97 Å². The lowest BCUT2D eigenvalue weighted by atomic mass is 10.1. The highest BCUT2D eigenvalue weighted by molar-refractivity contribution is 9.10. The fraction of sp³-hybridized carbons (Fsp3) is 0. The number of hydrogen-bond donors (Lipinski definition) is 1. The minimum absolute atomic E-state index is 0.759. The second-order valence-electron chi connectivity index (χ2n) is 5.31. The van der Waals surface area contributed by atoms with Crippen LogP contribution in [0, 0.1) is 0 Å². The molecule has 1 N–H and O–H groups in total. The van der Waals surface area contributed by atoms with Crippen LogP contribution in [-0.2, 0) is 0 Å². The summed E-state index contributed by atoms with van der Waals surface area (Å²) in [5.74, 6) is 0. The standard InChI is InChI=1S/C19H13BrN4/c20-14-7-4-8-15(9-14)23-18-11-21-10-17-19(18)24-16(12-22-17)13-5-2-1-3-6-13/h1-12,23H. The number of rotatable bonds is 3. The van der Waals surface area contributed by atoms with Gasteiger partial charge in [0.05, 0.1) is 30.0 Å². The Kier molecular flexibility index (Phi) is 3.92. The van der Waals surface area contributed by atoms with Crippen molar-refractivity contribution in [3.63, 3.8) is 0 Å². The molecule has 0 saturated carbocycles. The Labute approximate surface area is 147 Å². The van der Waals surface area contributed by atoms with Crippen molar-refractivity contribution in [2.45, 2.75) is 0 Å². The first kappa shape index (κ1) is 14.8. The van der Waals surface area contributed by atoms with E-state index >= 15 is 0 Å². The summed E-state index contributed by atoms with van der Waals surface area (Å²) in [7, 11) is 0. The average Bonchev–Trinajstić information content (AvgIpc) is 2.62. The lowest BCUT2D eigenvalue weighted by Gasteiger charge is -2.10. The predicted octanol–water partition coefficient (Wildman–Crippen LogP) is 5.20. The minimum Gasteiger partial charge on any atom is -0.352 e. The number of aromatic nitrogens is 3. The number of hydrogen-bond acceptors (Lipinski definition) is 4. The maximum atomic E-state index is 4.79. The summed E-state index contributed by atoms with van der Waals surface area (Å²) in [4.78, 5) is 13.5. The normalized spacial score (nSPS) is 10.7. The zero-order valence-electron chi connectivity index (χ0n) is 12.6. The molecule has 4 rings (SSSR count). The summed E-state index contributed by atoms with van der Waals surface area (Å²) in [6.45, 7) is 0. The molecule has 2 heterocycles. The van der Waals surface area contributed by atoms with E-state index in [0.29, 0.717) is 0 Å². The molecule has 2 aromatic carbocycles. The molecule has 0 fully saturated rings. The molecule has 0 spiro atoms. The van der Waals surface area contributed by atoms with E-state index in [2.05, 4.69) is 31.2 Å². The third-order valence-electron chi connectivity index (χ3n) is 3.63. The van der Waals surface area contributed by atoms with Crippen molar-refractivity contribution in [1.82, 2.24) is 15.0 Å². The van der Waals surface area contributed by atoms with Crippen LogP contribution < -0.4 is 5.32 Å². The van der Waals surface area contributed by atoms with Gasteiger partial charge in [-0.1, -0.05) is 52.3 Å². The Morgan fingerprint density at radius 3 is 2.58 bits per heavy atom. The van der Waals surface area contributed by atoms with Crippen LogP contribution in [0.15, 0.2) is 77.7 Å². The van der Waals surface area contributed by atoms with Gasteiger partial charge in [-0.2, -0.15) is 0 Å². The lowest BCUT2D eigenvalue weighted by molar-refractivity contribution is 1.25. The highest BCUT2D eigenvalue weighted by Crippen LogP contribution is 2.26. The van der Waals surface area contributed by atoms with E-state index in [1.54, 1.807) is 18.6 Å². The molecule has 0 aliphatic carbocycles. The number of pyridine rings is 1. The molecule has 0 unspecified atom stereocenters. The number of anilines is 2. The smallest absolute Gasteiger partial charge is 0.116 e. The van der Waals surface area contributed by atoms with Crippen LogP contribution >= 0.6 is 15.9 Å². The summed E-state index contributed by atoms with van der Waals surface area (Å²) in [6.07, 6.45) is 5.28. The Bertz CT molecular complexity index is 1000. The van der Waals surface area contributed by atoms with Gasteiger partial charge in [0.25, 0.3) is 0 Å². The molecule has 0 amide bonds. The van der Waals surface area contributed by atoms with Crippen LogP contribution in [0.3, 0.4) is 0 Å². The number of halogens is 1. The van der Waals surface area contributed by atoms with Crippen molar-refractivity contribution < 1.29 is 0 Å². The van der Waals surface area contributed by atoms with Gasteiger partial charge >= 0.3 is 0 Å². The van der Waals surface area contributed by atoms with Gasteiger partial charge in [0, 0.05) is 15.7 Å². The highest BCUT2D eigenvalue weighted by Gasteiger charge is 2.08. The second kappa shape index (κ2) is 6.37. The SMILES string of the molecule is Brc1cccc(Nc2cncc3ncc(-c4ccccc4)nc23)c1. The summed E-state index contributed by atoms with van der Waals surface area (Å²) in [6, 6.07) is 18.0. The highest BCUT2D eigenvalue weighted by atomic mass is 79.9. The van der Waals surface area contributed by atoms with E-state index in [1.807, 2.05) is 54.6 Å². The number of fused-ring (bicyclic) bond motifs is 1. The molecule has 0 saturated heterocycles. The van der Waals surface area contributed by atoms with Gasteiger partial charge < -0.3 is 5.32 Å². The van der Waals surface area contributed by atoms with Crippen LogP contribution in [0.5, 0.6) is 0 Å². The molecule has 5 heteroatoms. The van der Waals surface area contributed by atoms with Crippen molar-refractivity contribution >= 4 is 38.3 Å². The Morgan fingerprint density at radius 1 is 0.875 bits per heavy atom. The van der Waals surface area contributed by atoms with E-state index in [-0.39, 0.29) is 0 Å². The number of nitrogens with one attached hydrogen (secondary N) is 1. The summed E-state index contributed by atoms with van der Waals surface area (Å²) in [5, 5.41) is 3.37. The topological polar surface area (TPSA) is 50.7 Å². The molecular formula is C19H13BrN4. The summed E-state index contributed by atoms with van der Waals surface area (Å²) >= 11 is 3.48. The fourth-order valence-electron chi connectivity index (χ4n) is 2.50. The van der Waals surface area contributed by atoms with E-state index in [4.69, 9.17) is 4.98 Å². The summed E-state index contributed by atoms with van der Waals surface area (Å²) in [5.41, 5.74) is 5.23. The van der Waals surface area contributed by atoms with Crippen molar-refractivity contribution in [2.75, 3.05) is 5.32 Å². The van der Waals surface area contributed by atoms with Crippen molar-refractivity contribution in [1.29, 1.82) is 0 Å². The van der Waals surface area contributed by atoms with Crippen LogP contribution in [0.4, 0.5) is 11.4 Å². The van der Waals surface area contributed by atoms with Crippen molar-refractivity contribution in [3.8, 4) is 11.3 Å². The van der Waals surface area contributed by atoms with Crippen LogP contribution in [0.2, 0.25) is 0 Å². The van der Waals surface area contributed by atoms with Gasteiger partial charge in [0.15, 0.2) is 0 Å². The van der Waals surface area contributed by atoms with Gasteiger partial charge in [0.2, 0.25) is 0 Å². The number of nitrogens with zero attached hydrogens (tertiary/aromatic N) is 3. The average molecular weight is 377 g/mol. The lowest BCUT2D eigenvalue weighted by Crippen LogP contribution is -1.96. The molecule has 0 aliphatic rings.